The molecule has 1 aliphatic carbocycles. The fourth-order valence-corrected chi connectivity index (χ4v) is 5.10. The molecule has 1 saturated carbocycles. The lowest BCUT2D eigenvalue weighted by Crippen LogP contribution is -2.34. The number of nitrogens with zero attached hydrogens (tertiary/aromatic N) is 3. The average molecular weight is 395 g/mol. The molecule has 2 aromatic heterocycles. The lowest BCUT2D eigenvalue weighted by atomic mass is 9.94. The third-order valence-corrected chi connectivity index (χ3v) is 6.86. The van der Waals surface area contributed by atoms with E-state index in [4.69, 9.17) is 0 Å². The molecule has 0 atom stereocenters. The quantitative estimate of drug-likeness (QED) is 0.681. The van der Waals surface area contributed by atoms with E-state index in [1.165, 1.54) is 43.4 Å². The molecule has 6 heteroatoms. The molecule has 4 rings (SSSR count). The summed E-state index contributed by atoms with van der Waals surface area (Å²) in [6.45, 7) is 2.53. The van der Waals surface area contributed by atoms with Crippen LogP contribution >= 0.6 is 11.3 Å². The van der Waals surface area contributed by atoms with Crippen LogP contribution in [-0.2, 0) is 6.54 Å². The van der Waals surface area contributed by atoms with Crippen molar-refractivity contribution in [1.29, 1.82) is 0 Å². The van der Waals surface area contributed by atoms with Gasteiger partial charge in [0.1, 0.15) is 17.0 Å². The number of benzene rings is 1. The van der Waals surface area contributed by atoms with E-state index in [9.17, 15) is 4.79 Å². The van der Waals surface area contributed by atoms with Crippen LogP contribution in [0.5, 0.6) is 0 Å². The van der Waals surface area contributed by atoms with Crippen molar-refractivity contribution in [2.75, 3.05) is 11.9 Å². The van der Waals surface area contributed by atoms with Crippen molar-refractivity contribution < 1.29 is 4.79 Å². The predicted molar refractivity (Wildman–Crippen MR) is 115 cm³/mol. The van der Waals surface area contributed by atoms with Gasteiger partial charge in [-0.2, -0.15) is 0 Å². The molecule has 5 nitrogen and oxygen atoms in total. The standard InChI is InChI=1S/C22H26N4OS/c1-15-18-20(26(2)17-11-7-4-8-12-17)24-14-25-22(18)28-19(15)21(27)23-13-16-9-5-3-6-10-16/h3,5-6,9-10,14,17H,4,7-8,11-13H2,1-2H3,(H,23,27). The van der Waals surface area contributed by atoms with Crippen molar-refractivity contribution >= 4 is 33.3 Å². The van der Waals surface area contributed by atoms with E-state index in [-0.39, 0.29) is 5.91 Å². The van der Waals surface area contributed by atoms with Gasteiger partial charge in [-0.05, 0) is 30.9 Å². The molecule has 28 heavy (non-hydrogen) atoms. The molecule has 146 valence electrons. The number of carbonyl (C=O) groups excluding carboxylic acids is 1. The molecule has 0 radical (unpaired) electrons. The first-order chi connectivity index (χ1) is 13.6. The van der Waals surface area contributed by atoms with Gasteiger partial charge in [0.15, 0.2) is 0 Å². The minimum Gasteiger partial charge on any atom is -0.356 e. The van der Waals surface area contributed by atoms with Gasteiger partial charge in [0, 0.05) is 19.6 Å². The van der Waals surface area contributed by atoms with Crippen LogP contribution < -0.4 is 10.2 Å². The number of carbonyl (C=O) groups is 1. The van der Waals surface area contributed by atoms with Crippen LogP contribution in [-0.4, -0.2) is 29.0 Å². The number of hydrogen-bond donors (Lipinski definition) is 1. The van der Waals surface area contributed by atoms with Crippen LogP contribution in [0.25, 0.3) is 10.2 Å². The number of aromatic nitrogens is 2. The van der Waals surface area contributed by atoms with Crippen molar-refractivity contribution in [2.24, 2.45) is 0 Å². The fraction of sp³-hybridized carbons (Fsp3) is 0.409. The summed E-state index contributed by atoms with van der Waals surface area (Å²) in [4.78, 5) is 25.8. The number of amides is 1. The monoisotopic (exact) mass is 394 g/mol. The molecule has 0 saturated heterocycles. The number of thiophene rings is 1. The molecule has 0 unspecified atom stereocenters. The van der Waals surface area contributed by atoms with Gasteiger partial charge in [-0.3, -0.25) is 4.79 Å². The number of fused-ring (bicyclic) bond motifs is 1. The molecule has 2 heterocycles. The molecule has 0 aliphatic heterocycles. The van der Waals surface area contributed by atoms with Crippen molar-refractivity contribution in [2.45, 2.75) is 51.6 Å². The van der Waals surface area contributed by atoms with Gasteiger partial charge in [-0.15, -0.1) is 11.3 Å². The number of aryl methyl sites for hydroxylation is 1. The molecule has 1 fully saturated rings. The smallest absolute Gasteiger partial charge is 0.261 e. The largest absolute Gasteiger partial charge is 0.356 e. The van der Waals surface area contributed by atoms with E-state index < -0.39 is 0 Å². The second-order valence-corrected chi connectivity index (χ2v) is 8.50. The molecule has 0 spiro atoms. The minimum atomic E-state index is -0.0457. The van der Waals surface area contributed by atoms with Crippen LogP contribution in [0.2, 0.25) is 0 Å². The lowest BCUT2D eigenvalue weighted by molar-refractivity contribution is 0.0954. The van der Waals surface area contributed by atoms with Gasteiger partial charge in [-0.1, -0.05) is 49.6 Å². The summed E-state index contributed by atoms with van der Waals surface area (Å²) in [6.07, 6.45) is 7.91. The first kappa shape index (κ1) is 18.9. The maximum atomic E-state index is 12.8. The summed E-state index contributed by atoms with van der Waals surface area (Å²) in [5, 5.41) is 4.06. The topological polar surface area (TPSA) is 58.1 Å². The Morgan fingerprint density at radius 2 is 1.93 bits per heavy atom. The van der Waals surface area contributed by atoms with Gasteiger partial charge >= 0.3 is 0 Å². The highest BCUT2D eigenvalue weighted by Gasteiger charge is 2.24. The van der Waals surface area contributed by atoms with Crippen LogP contribution in [0.3, 0.4) is 0 Å². The highest BCUT2D eigenvalue weighted by molar-refractivity contribution is 7.20. The molecule has 1 aromatic carbocycles. The molecular formula is C22H26N4OS. The van der Waals surface area contributed by atoms with Gasteiger partial charge < -0.3 is 10.2 Å². The normalized spacial score (nSPS) is 14.9. The second kappa shape index (κ2) is 8.27. The van der Waals surface area contributed by atoms with E-state index in [1.54, 1.807) is 6.33 Å². The molecule has 1 amide bonds. The van der Waals surface area contributed by atoms with Crippen molar-refractivity contribution in [3.8, 4) is 0 Å². The maximum Gasteiger partial charge on any atom is 0.261 e. The Hall–Kier alpha value is -2.47. The Bertz CT molecular complexity index is 963. The summed E-state index contributed by atoms with van der Waals surface area (Å²) in [5.74, 6) is 0.906. The van der Waals surface area contributed by atoms with Crippen molar-refractivity contribution in [3.63, 3.8) is 0 Å². The first-order valence-corrected chi connectivity index (χ1v) is 10.8. The van der Waals surface area contributed by atoms with Crippen LogP contribution in [0.4, 0.5) is 5.82 Å². The lowest BCUT2D eigenvalue weighted by Gasteiger charge is -2.32. The number of rotatable bonds is 5. The zero-order chi connectivity index (χ0) is 19.5. The zero-order valence-corrected chi connectivity index (χ0v) is 17.3. The Kier molecular flexibility index (Phi) is 5.57. The van der Waals surface area contributed by atoms with Crippen LogP contribution in [0, 0.1) is 6.92 Å². The minimum absolute atomic E-state index is 0.0457. The van der Waals surface area contributed by atoms with E-state index in [1.807, 2.05) is 37.3 Å². The van der Waals surface area contributed by atoms with Crippen LogP contribution in [0.1, 0.15) is 52.9 Å². The van der Waals surface area contributed by atoms with Crippen molar-refractivity contribution in [1.82, 2.24) is 15.3 Å². The summed E-state index contributed by atoms with van der Waals surface area (Å²) < 4.78 is 0. The van der Waals surface area contributed by atoms with E-state index in [0.29, 0.717) is 12.6 Å². The third-order valence-electron chi connectivity index (χ3n) is 5.67. The van der Waals surface area contributed by atoms with Gasteiger partial charge in [0.05, 0.1) is 10.3 Å². The molecular weight excluding hydrogens is 368 g/mol. The Morgan fingerprint density at radius 3 is 2.68 bits per heavy atom. The van der Waals surface area contributed by atoms with Crippen molar-refractivity contribution in [3.05, 3.63) is 52.7 Å². The molecule has 1 aliphatic rings. The Labute approximate surface area is 169 Å². The van der Waals surface area contributed by atoms with Crippen LogP contribution in [0.15, 0.2) is 36.7 Å². The molecule has 1 N–H and O–H groups in total. The highest BCUT2D eigenvalue weighted by Crippen LogP contribution is 2.36. The summed E-state index contributed by atoms with van der Waals surface area (Å²) in [6, 6.07) is 10.5. The molecule has 3 aromatic rings. The Morgan fingerprint density at radius 1 is 1.18 bits per heavy atom. The average Bonchev–Trinajstić information content (AvgIpc) is 3.10. The highest BCUT2D eigenvalue weighted by atomic mass is 32.1. The number of anilines is 1. The van der Waals surface area contributed by atoms with E-state index in [0.717, 1.165) is 32.0 Å². The summed E-state index contributed by atoms with van der Waals surface area (Å²) in [7, 11) is 2.13. The van der Waals surface area contributed by atoms with Gasteiger partial charge in [0.2, 0.25) is 0 Å². The maximum absolute atomic E-state index is 12.8. The van der Waals surface area contributed by atoms with Gasteiger partial charge in [0.25, 0.3) is 5.91 Å². The summed E-state index contributed by atoms with van der Waals surface area (Å²) >= 11 is 1.46. The number of nitrogens with one attached hydrogen (secondary N) is 1. The second-order valence-electron chi connectivity index (χ2n) is 7.50. The predicted octanol–water partition coefficient (Wildman–Crippen LogP) is 4.70. The fourth-order valence-electron chi connectivity index (χ4n) is 4.04. The third kappa shape index (κ3) is 3.74. The SMILES string of the molecule is Cc1c(C(=O)NCc2ccccc2)sc2ncnc(N(C)C3CCCCC3)c12. The Balaban J connectivity index is 1.60. The molecule has 0 bridgehead atoms. The number of hydrogen-bond acceptors (Lipinski definition) is 5. The van der Waals surface area contributed by atoms with E-state index >= 15 is 0 Å². The first-order valence-electron chi connectivity index (χ1n) is 9.94. The van der Waals surface area contributed by atoms with Gasteiger partial charge in [-0.25, -0.2) is 9.97 Å². The summed E-state index contributed by atoms with van der Waals surface area (Å²) in [5.41, 5.74) is 2.07. The zero-order valence-electron chi connectivity index (χ0n) is 16.4. The van der Waals surface area contributed by atoms with E-state index in [2.05, 4.69) is 27.2 Å².